The van der Waals surface area contributed by atoms with Crippen LogP contribution in [0.15, 0.2) is 24.3 Å². The molecule has 0 saturated carbocycles. The van der Waals surface area contributed by atoms with Crippen molar-refractivity contribution in [2.45, 2.75) is 17.9 Å². The summed E-state index contributed by atoms with van der Waals surface area (Å²) in [5.41, 5.74) is 2.04. The van der Waals surface area contributed by atoms with Crippen molar-refractivity contribution >= 4 is 9.84 Å². The molecule has 1 heterocycles. The lowest BCUT2D eigenvalue weighted by Gasteiger charge is -2.26. The molecule has 0 atom stereocenters. The molecular formula is C11H15NO2S. The Balaban J connectivity index is 2.11. The SMILES string of the molecule is Cc1ccc(CS(=O)(=O)C2CNC2)cc1. The van der Waals surface area contributed by atoms with Gasteiger partial charge in [-0.2, -0.15) is 0 Å². The zero-order valence-electron chi connectivity index (χ0n) is 8.73. The molecule has 2 rings (SSSR count). The van der Waals surface area contributed by atoms with Gasteiger partial charge in [-0.25, -0.2) is 8.42 Å². The van der Waals surface area contributed by atoms with Crippen LogP contribution < -0.4 is 5.32 Å². The van der Waals surface area contributed by atoms with Crippen LogP contribution in [0.5, 0.6) is 0 Å². The predicted octanol–water partition coefficient (Wildman–Crippen LogP) is 0.882. The third-order valence-corrected chi connectivity index (χ3v) is 4.83. The van der Waals surface area contributed by atoms with E-state index in [-0.39, 0.29) is 11.0 Å². The van der Waals surface area contributed by atoms with Gasteiger partial charge in [-0.1, -0.05) is 29.8 Å². The molecule has 3 nitrogen and oxygen atoms in total. The minimum absolute atomic E-state index is 0.166. The van der Waals surface area contributed by atoms with Crippen LogP contribution in [0.3, 0.4) is 0 Å². The van der Waals surface area contributed by atoms with Crippen molar-refractivity contribution in [3.63, 3.8) is 0 Å². The number of benzene rings is 1. The first kappa shape index (κ1) is 10.6. The summed E-state index contributed by atoms with van der Waals surface area (Å²) in [4.78, 5) is 0. The quantitative estimate of drug-likeness (QED) is 0.830. The zero-order valence-corrected chi connectivity index (χ0v) is 9.55. The van der Waals surface area contributed by atoms with E-state index >= 15 is 0 Å². The van der Waals surface area contributed by atoms with Crippen LogP contribution in [0.25, 0.3) is 0 Å². The molecule has 1 aromatic rings. The highest BCUT2D eigenvalue weighted by Gasteiger charge is 2.30. The molecule has 1 N–H and O–H groups in total. The van der Waals surface area contributed by atoms with Gasteiger partial charge >= 0.3 is 0 Å². The molecule has 1 saturated heterocycles. The van der Waals surface area contributed by atoms with Crippen molar-refractivity contribution in [3.05, 3.63) is 35.4 Å². The van der Waals surface area contributed by atoms with E-state index < -0.39 is 9.84 Å². The largest absolute Gasteiger partial charge is 0.314 e. The molecule has 82 valence electrons. The molecule has 0 unspecified atom stereocenters. The van der Waals surface area contributed by atoms with Crippen LogP contribution in [0, 0.1) is 6.92 Å². The smallest absolute Gasteiger partial charge is 0.159 e. The summed E-state index contributed by atoms with van der Waals surface area (Å²) >= 11 is 0. The lowest BCUT2D eigenvalue weighted by molar-refractivity contribution is 0.495. The Morgan fingerprint density at radius 1 is 1.27 bits per heavy atom. The van der Waals surface area contributed by atoms with Crippen LogP contribution in [0.4, 0.5) is 0 Å². The Morgan fingerprint density at radius 3 is 2.33 bits per heavy atom. The van der Waals surface area contributed by atoms with Crippen LogP contribution in [0.2, 0.25) is 0 Å². The maximum absolute atomic E-state index is 11.8. The standard InChI is InChI=1S/C11H15NO2S/c1-9-2-4-10(5-3-9)8-15(13,14)11-6-12-7-11/h2-5,11-12H,6-8H2,1H3. The Kier molecular flexibility index (Phi) is 2.80. The summed E-state index contributed by atoms with van der Waals surface area (Å²) in [5, 5.41) is 2.80. The second-order valence-electron chi connectivity index (χ2n) is 4.07. The third kappa shape index (κ3) is 2.38. The van der Waals surface area contributed by atoms with Gasteiger partial charge in [-0.3, -0.25) is 0 Å². The number of hydrogen-bond acceptors (Lipinski definition) is 3. The summed E-state index contributed by atoms with van der Waals surface area (Å²) in [6, 6.07) is 7.67. The lowest BCUT2D eigenvalue weighted by atomic mass is 10.2. The fraction of sp³-hybridized carbons (Fsp3) is 0.455. The van der Waals surface area contributed by atoms with Gasteiger partial charge in [-0.15, -0.1) is 0 Å². The first-order chi connectivity index (χ1) is 7.08. The summed E-state index contributed by atoms with van der Waals surface area (Å²) in [6.07, 6.45) is 0. The van der Waals surface area contributed by atoms with E-state index in [0.29, 0.717) is 13.1 Å². The highest BCUT2D eigenvalue weighted by molar-refractivity contribution is 7.91. The third-order valence-electron chi connectivity index (χ3n) is 2.74. The van der Waals surface area contributed by atoms with Crippen molar-refractivity contribution in [2.75, 3.05) is 13.1 Å². The van der Waals surface area contributed by atoms with Crippen molar-refractivity contribution < 1.29 is 8.42 Å². The fourth-order valence-electron chi connectivity index (χ4n) is 1.55. The fourth-order valence-corrected chi connectivity index (χ4v) is 3.19. The first-order valence-electron chi connectivity index (χ1n) is 5.06. The first-order valence-corrected chi connectivity index (χ1v) is 6.77. The Morgan fingerprint density at radius 2 is 1.87 bits per heavy atom. The summed E-state index contributed by atoms with van der Waals surface area (Å²) in [5.74, 6) is 0.166. The Bertz CT molecular complexity index is 432. The maximum atomic E-state index is 11.8. The van der Waals surface area contributed by atoms with Gasteiger partial charge in [-0.05, 0) is 12.5 Å². The number of nitrogens with one attached hydrogen (secondary N) is 1. The van der Waals surface area contributed by atoms with Crippen LogP contribution in [-0.2, 0) is 15.6 Å². The normalized spacial score (nSPS) is 17.4. The average molecular weight is 225 g/mol. The van der Waals surface area contributed by atoms with E-state index in [0.717, 1.165) is 11.1 Å². The van der Waals surface area contributed by atoms with E-state index in [1.807, 2.05) is 31.2 Å². The number of aryl methyl sites for hydroxylation is 1. The van der Waals surface area contributed by atoms with E-state index in [4.69, 9.17) is 0 Å². The van der Waals surface area contributed by atoms with Crippen molar-refractivity contribution in [2.24, 2.45) is 0 Å². The summed E-state index contributed by atoms with van der Waals surface area (Å²) < 4.78 is 23.7. The highest BCUT2D eigenvalue weighted by Crippen LogP contribution is 2.14. The molecule has 0 aromatic heterocycles. The van der Waals surface area contributed by atoms with Gasteiger partial charge in [0.25, 0.3) is 0 Å². The van der Waals surface area contributed by atoms with Gasteiger partial charge in [0.15, 0.2) is 9.84 Å². The second kappa shape index (κ2) is 3.94. The van der Waals surface area contributed by atoms with Crippen LogP contribution in [0.1, 0.15) is 11.1 Å². The number of hydrogen-bond donors (Lipinski definition) is 1. The van der Waals surface area contributed by atoms with E-state index in [1.165, 1.54) is 0 Å². The number of sulfone groups is 1. The minimum Gasteiger partial charge on any atom is -0.314 e. The minimum atomic E-state index is -2.95. The van der Waals surface area contributed by atoms with Crippen LogP contribution in [-0.4, -0.2) is 26.8 Å². The van der Waals surface area contributed by atoms with Gasteiger partial charge in [0.2, 0.25) is 0 Å². The highest BCUT2D eigenvalue weighted by atomic mass is 32.2. The molecule has 0 aliphatic carbocycles. The molecule has 0 amide bonds. The molecule has 4 heteroatoms. The average Bonchev–Trinajstić information content (AvgIpc) is 2.04. The monoisotopic (exact) mass is 225 g/mol. The van der Waals surface area contributed by atoms with Crippen LogP contribution >= 0.6 is 0 Å². The molecule has 1 fully saturated rings. The molecule has 0 spiro atoms. The number of rotatable bonds is 3. The van der Waals surface area contributed by atoms with Crippen molar-refractivity contribution in [1.82, 2.24) is 5.32 Å². The lowest BCUT2D eigenvalue weighted by Crippen LogP contribution is -2.51. The van der Waals surface area contributed by atoms with Gasteiger partial charge in [0.05, 0.1) is 11.0 Å². The summed E-state index contributed by atoms with van der Waals surface area (Å²) in [7, 11) is -2.95. The topological polar surface area (TPSA) is 46.2 Å². The van der Waals surface area contributed by atoms with Gasteiger partial charge in [0.1, 0.15) is 0 Å². The maximum Gasteiger partial charge on any atom is 0.159 e. The second-order valence-corrected chi connectivity index (χ2v) is 6.35. The van der Waals surface area contributed by atoms with Gasteiger partial charge in [0, 0.05) is 13.1 Å². The van der Waals surface area contributed by atoms with E-state index in [1.54, 1.807) is 0 Å². The van der Waals surface area contributed by atoms with Gasteiger partial charge < -0.3 is 5.32 Å². The van der Waals surface area contributed by atoms with Crippen molar-refractivity contribution in [1.29, 1.82) is 0 Å². The molecule has 0 bridgehead atoms. The Hall–Kier alpha value is -0.870. The molecule has 1 aliphatic heterocycles. The Labute approximate surface area is 90.4 Å². The zero-order chi connectivity index (χ0) is 10.9. The predicted molar refractivity (Wildman–Crippen MR) is 60.5 cm³/mol. The summed E-state index contributed by atoms with van der Waals surface area (Å²) in [6.45, 7) is 3.20. The van der Waals surface area contributed by atoms with E-state index in [2.05, 4.69) is 5.32 Å². The van der Waals surface area contributed by atoms with Crippen molar-refractivity contribution in [3.8, 4) is 0 Å². The molecule has 1 aromatic carbocycles. The molecule has 15 heavy (non-hydrogen) atoms. The van der Waals surface area contributed by atoms with E-state index in [9.17, 15) is 8.42 Å². The molecule has 0 radical (unpaired) electrons. The molecular weight excluding hydrogens is 210 g/mol. The molecule has 1 aliphatic rings.